The molecule has 1 saturated heterocycles. The molecular formula is C29H20N2O7S. The van der Waals surface area contributed by atoms with Crippen molar-refractivity contribution in [3.05, 3.63) is 117 Å². The smallest absolute Gasteiger partial charge is 0.343 e. The third kappa shape index (κ3) is 5.81. The van der Waals surface area contributed by atoms with Crippen LogP contribution in [0, 0.1) is 10.1 Å². The van der Waals surface area contributed by atoms with Gasteiger partial charge in [-0.2, -0.15) is 0 Å². The highest BCUT2D eigenvalue weighted by molar-refractivity contribution is 8.18. The van der Waals surface area contributed by atoms with Crippen LogP contribution in [0.1, 0.15) is 15.9 Å². The Labute approximate surface area is 226 Å². The summed E-state index contributed by atoms with van der Waals surface area (Å²) in [6.07, 6.45) is 1.59. The van der Waals surface area contributed by atoms with E-state index >= 15 is 0 Å². The number of esters is 1. The molecule has 0 bridgehead atoms. The van der Waals surface area contributed by atoms with Gasteiger partial charge < -0.3 is 9.47 Å². The summed E-state index contributed by atoms with van der Waals surface area (Å²) in [5.74, 6) is -0.241. The minimum absolute atomic E-state index is 0.0476. The van der Waals surface area contributed by atoms with Gasteiger partial charge in [-0.05, 0) is 53.1 Å². The van der Waals surface area contributed by atoms with Crippen LogP contribution in [0.3, 0.4) is 0 Å². The quantitative estimate of drug-likeness (QED) is 0.0868. The Morgan fingerprint density at radius 1 is 0.949 bits per heavy atom. The lowest BCUT2D eigenvalue weighted by Gasteiger charge is -2.14. The van der Waals surface area contributed by atoms with Crippen molar-refractivity contribution in [1.29, 1.82) is 0 Å². The van der Waals surface area contributed by atoms with Crippen LogP contribution in [0.15, 0.2) is 95.9 Å². The molecule has 0 unspecified atom stereocenters. The number of benzene rings is 4. The van der Waals surface area contributed by atoms with Crippen molar-refractivity contribution >= 4 is 51.4 Å². The molecule has 0 N–H and O–H groups in total. The van der Waals surface area contributed by atoms with Crippen LogP contribution in [-0.2, 0) is 4.79 Å². The average molecular weight is 541 g/mol. The fourth-order valence-electron chi connectivity index (χ4n) is 3.96. The van der Waals surface area contributed by atoms with Crippen molar-refractivity contribution in [3.8, 4) is 11.5 Å². The number of nitrogens with zero attached hydrogens (tertiary/aromatic N) is 2. The molecule has 10 heteroatoms. The highest BCUT2D eigenvalue weighted by Gasteiger charge is 2.34. The number of carbonyl (C=O) groups excluding carboxylic acids is 3. The van der Waals surface area contributed by atoms with Gasteiger partial charge in [0.1, 0.15) is 18.1 Å². The second kappa shape index (κ2) is 11.2. The third-order valence-corrected chi connectivity index (χ3v) is 6.78. The van der Waals surface area contributed by atoms with Crippen molar-refractivity contribution < 1.29 is 28.8 Å². The number of nitro benzene ring substituents is 1. The van der Waals surface area contributed by atoms with Gasteiger partial charge in [-0.25, -0.2) is 4.79 Å². The molecule has 2 amide bonds. The van der Waals surface area contributed by atoms with Crippen molar-refractivity contribution in [2.24, 2.45) is 0 Å². The Kier molecular flexibility index (Phi) is 7.37. The van der Waals surface area contributed by atoms with E-state index in [-0.39, 0.29) is 40.3 Å². The molecule has 4 aromatic rings. The van der Waals surface area contributed by atoms with E-state index in [4.69, 9.17) is 9.47 Å². The van der Waals surface area contributed by atoms with E-state index in [9.17, 15) is 24.5 Å². The second-order valence-corrected chi connectivity index (χ2v) is 9.42. The zero-order chi connectivity index (χ0) is 27.4. The van der Waals surface area contributed by atoms with E-state index in [0.717, 1.165) is 33.5 Å². The van der Waals surface area contributed by atoms with Crippen molar-refractivity contribution in [2.45, 2.75) is 0 Å². The first-order valence-electron chi connectivity index (χ1n) is 11.8. The zero-order valence-electron chi connectivity index (χ0n) is 20.3. The summed E-state index contributed by atoms with van der Waals surface area (Å²) in [6, 6.07) is 25.1. The molecule has 1 aliphatic heterocycles. The van der Waals surface area contributed by atoms with Gasteiger partial charge in [0.15, 0.2) is 0 Å². The summed E-state index contributed by atoms with van der Waals surface area (Å²) >= 11 is 0.844. The number of ether oxygens (including phenoxy) is 2. The molecule has 0 aliphatic carbocycles. The van der Waals surface area contributed by atoms with Gasteiger partial charge in [0.25, 0.3) is 16.8 Å². The predicted octanol–water partition coefficient (Wildman–Crippen LogP) is 6.08. The van der Waals surface area contributed by atoms with E-state index in [1.807, 2.05) is 42.5 Å². The number of rotatable bonds is 8. The van der Waals surface area contributed by atoms with Crippen LogP contribution in [0.5, 0.6) is 11.5 Å². The van der Waals surface area contributed by atoms with Crippen molar-refractivity contribution in [3.63, 3.8) is 0 Å². The SMILES string of the molecule is O=C(Oc1ccc(/C=C2\SC(=O)N(CCOc3cccc4ccccc34)C2=O)cc1)c1cccc([N+](=O)[O-])c1. The van der Waals surface area contributed by atoms with E-state index in [1.54, 1.807) is 18.2 Å². The number of nitro groups is 1. The summed E-state index contributed by atoms with van der Waals surface area (Å²) in [4.78, 5) is 49.5. The minimum Gasteiger partial charge on any atom is -0.491 e. The summed E-state index contributed by atoms with van der Waals surface area (Å²) in [5, 5.41) is 12.5. The van der Waals surface area contributed by atoms with Crippen molar-refractivity contribution in [2.75, 3.05) is 13.2 Å². The van der Waals surface area contributed by atoms with Crippen LogP contribution in [0.2, 0.25) is 0 Å². The number of fused-ring (bicyclic) bond motifs is 1. The number of amides is 2. The van der Waals surface area contributed by atoms with Crippen molar-refractivity contribution in [1.82, 2.24) is 4.90 Å². The Morgan fingerprint density at radius 3 is 2.49 bits per heavy atom. The number of imide groups is 1. The molecule has 0 saturated carbocycles. The molecule has 9 nitrogen and oxygen atoms in total. The van der Waals surface area contributed by atoms with Crippen LogP contribution in [0.4, 0.5) is 10.5 Å². The maximum Gasteiger partial charge on any atom is 0.343 e. The summed E-state index contributed by atoms with van der Waals surface area (Å²) < 4.78 is 11.2. The maximum atomic E-state index is 12.9. The van der Waals surface area contributed by atoms with Gasteiger partial charge in [-0.15, -0.1) is 0 Å². The zero-order valence-corrected chi connectivity index (χ0v) is 21.1. The fraction of sp³-hybridized carbons (Fsp3) is 0.0690. The standard InChI is InChI=1S/C29H20N2O7S/c32-27-26(39-29(34)30(27)15-16-37-25-10-4-6-20-5-1-2-9-24(20)25)17-19-11-13-23(14-12-19)38-28(33)21-7-3-8-22(18-21)31(35)36/h1-14,17-18H,15-16H2/b26-17-. The lowest BCUT2D eigenvalue weighted by molar-refractivity contribution is -0.384. The lowest BCUT2D eigenvalue weighted by Crippen LogP contribution is -2.32. The average Bonchev–Trinajstić information content (AvgIpc) is 3.21. The van der Waals surface area contributed by atoms with Crippen LogP contribution in [0.25, 0.3) is 16.8 Å². The van der Waals surface area contributed by atoms with Gasteiger partial charge in [0.05, 0.1) is 21.9 Å². The highest BCUT2D eigenvalue weighted by atomic mass is 32.2. The molecule has 4 aromatic carbocycles. The Balaban J connectivity index is 1.20. The Morgan fingerprint density at radius 2 is 1.69 bits per heavy atom. The van der Waals surface area contributed by atoms with Crippen LogP contribution >= 0.6 is 11.8 Å². The van der Waals surface area contributed by atoms with Gasteiger partial charge in [0, 0.05) is 17.5 Å². The molecule has 0 atom stereocenters. The molecule has 0 radical (unpaired) electrons. The molecule has 5 rings (SSSR count). The molecule has 194 valence electrons. The topological polar surface area (TPSA) is 116 Å². The summed E-state index contributed by atoms with van der Waals surface area (Å²) in [7, 11) is 0. The van der Waals surface area contributed by atoms with Crippen LogP contribution < -0.4 is 9.47 Å². The largest absolute Gasteiger partial charge is 0.491 e. The number of non-ortho nitro benzene ring substituents is 1. The third-order valence-electron chi connectivity index (χ3n) is 5.88. The fourth-order valence-corrected chi connectivity index (χ4v) is 4.82. The monoisotopic (exact) mass is 540 g/mol. The summed E-state index contributed by atoms with van der Waals surface area (Å²) in [6.45, 7) is 0.266. The molecular weight excluding hydrogens is 520 g/mol. The van der Waals surface area contributed by atoms with E-state index in [2.05, 4.69) is 0 Å². The molecule has 0 aromatic heterocycles. The number of hydrogen-bond acceptors (Lipinski definition) is 8. The number of hydrogen-bond donors (Lipinski definition) is 0. The number of thioether (sulfide) groups is 1. The molecule has 39 heavy (non-hydrogen) atoms. The molecule has 1 aliphatic rings. The van der Waals surface area contributed by atoms with Gasteiger partial charge in [0.2, 0.25) is 0 Å². The van der Waals surface area contributed by atoms with Crippen LogP contribution in [-0.4, -0.2) is 40.1 Å². The predicted molar refractivity (Wildman–Crippen MR) is 147 cm³/mol. The van der Waals surface area contributed by atoms with E-state index in [1.165, 1.54) is 30.3 Å². The normalized spacial score (nSPS) is 14.2. The van der Waals surface area contributed by atoms with Gasteiger partial charge in [-0.3, -0.25) is 24.6 Å². The lowest BCUT2D eigenvalue weighted by atomic mass is 10.1. The molecule has 1 fully saturated rings. The Hall–Kier alpha value is -4.96. The molecule has 0 spiro atoms. The van der Waals surface area contributed by atoms with E-state index in [0.29, 0.717) is 11.3 Å². The molecule has 1 heterocycles. The first kappa shape index (κ1) is 25.7. The number of carbonyl (C=O) groups is 3. The summed E-state index contributed by atoms with van der Waals surface area (Å²) in [5.41, 5.74) is 0.461. The second-order valence-electron chi connectivity index (χ2n) is 8.43. The first-order chi connectivity index (χ1) is 18.9. The van der Waals surface area contributed by atoms with Gasteiger partial charge in [-0.1, -0.05) is 54.6 Å². The minimum atomic E-state index is -0.738. The highest BCUT2D eigenvalue weighted by Crippen LogP contribution is 2.32. The van der Waals surface area contributed by atoms with Gasteiger partial charge >= 0.3 is 5.97 Å². The Bertz CT molecular complexity index is 1630. The first-order valence-corrected chi connectivity index (χ1v) is 12.6. The maximum absolute atomic E-state index is 12.9. The van der Waals surface area contributed by atoms with E-state index < -0.39 is 16.8 Å².